The van der Waals surface area contributed by atoms with Crippen LogP contribution in [0.2, 0.25) is 0 Å². The molecule has 1 atom stereocenters. The second-order valence-electron chi connectivity index (χ2n) is 8.78. The van der Waals surface area contributed by atoms with Gasteiger partial charge >= 0.3 is 0 Å². The molecule has 1 fully saturated rings. The maximum absolute atomic E-state index is 13.7. The van der Waals surface area contributed by atoms with Crippen molar-refractivity contribution in [1.82, 2.24) is 15.1 Å². The van der Waals surface area contributed by atoms with Crippen LogP contribution in [0, 0.1) is 17.6 Å². The molecular formula is C28H26F2N4O2. The lowest BCUT2D eigenvalue weighted by Crippen LogP contribution is -2.31. The predicted molar refractivity (Wildman–Crippen MR) is 135 cm³/mol. The number of aromatic nitrogens is 2. The Morgan fingerprint density at radius 3 is 2.58 bits per heavy atom. The van der Waals surface area contributed by atoms with Gasteiger partial charge in [0.1, 0.15) is 11.4 Å². The van der Waals surface area contributed by atoms with Crippen LogP contribution in [0.3, 0.4) is 0 Å². The molecule has 0 radical (unpaired) electrons. The van der Waals surface area contributed by atoms with Gasteiger partial charge in [-0.15, -0.1) is 0 Å². The Morgan fingerprint density at radius 1 is 1.03 bits per heavy atom. The van der Waals surface area contributed by atoms with E-state index < -0.39 is 11.6 Å². The Balaban J connectivity index is 1.35. The molecule has 0 saturated carbocycles. The molecule has 5 rings (SSSR count). The number of hydrogen-bond acceptors (Lipinski definition) is 4. The molecule has 6 nitrogen and oxygen atoms in total. The van der Waals surface area contributed by atoms with E-state index in [1.54, 1.807) is 24.1 Å². The first-order valence-electron chi connectivity index (χ1n) is 11.8. The van der Waals surface area contributed by atoms with Crippen molar-refractivity contribution in [2.24, 2.45) is 5.92 Å². The van der Waals surface area contributed by atoms with E-state index in [1.165, 1.54) is 6.07 Å². The number of amides is 1. The Hall–Kier alpha value is -4.20. The summed E-state index contributed by atoms with van der Waals surface area (Å²) in [7, 11) is 1.59. The molecule has 3 aromatic carbocycles. The molecule has 1 aliphatic heterocycles. The SMILES string of the molecule is COc1ccccc1-c1nn(-c2ccccc2)cc1C(=O)NCC1CCN(c2ccc(F)c(F)c2)C1. The van der Waals surface area contributed by atoms with Crippen molar-refractivity contribution in [1.29, 1.82) is 0 Å². The smallest absolute Gasteiger partial charge is 0.255 e. The maximum Gasteiger partial charge on any atom is 0.255 e. The number of methoxy groups -OCH3 is 1. The molecule has 1 unspecified atom stereocenters. The van der Waals surface area contributed by atoms with Crippen LogP contribution in [-0.2, 0) is 0 Å². The first-order chi connectivity index (χ1) is 17.5. The Morgan fingerprint density at radius 2 is 1.81 bits per heavy atom. The van der Waals surface area contributed by atoms with Crippen molar-refractivity contribution in [3.05, 3.63) is 96.2 Å². The maximum atomic E-state index is 13.7. The molecule has 0 spiro atoms. The molecule has 1 amide bonds. The van der Waals surface area contributed by atoms with Crippen molar-refractivity contribution in [2.75, 3.05) is 31.6 Å². The van der Waals surface area contributed by atoms with Gasteiger partial charge in [0.05, 0.1) is 18.4 Å². The molecule has 2 heterocycles. The molecular weight excluding hydrogens is 462 g/mol. The predicted octanol–water partition coefficient (Wildman–Crippen LogP) is 5.08. The molecule has 1 N–H and O–H groups in total. The summed E-state index contributed by atoms with van der Waals surface area (Å²) in [4.78, 5) is 15.4. The van der Waals surface area contributed by atoms with Crippen LogP contribution in [0.15, 0.2) is 79.0 Å². The highest BCUT2D eigenvalue weighted by molar-refractivity contribution is 6.00. The van der Waals surface area contributed by atoms with Crippen molar-refractivity contribution in [3.8, 4) is 22.7 Å². The number of rotatable bonds is 7. The van der Waals surface area contributed by atoms with Gasteiger partial charge in [0.2, 0.25) is 0 Å². The van der Waals surface area contributed by atoms with Crippen LogP contribution in [0.1, 0.15) is 16.8 Å². The van der Waals surface area contributed by atoms with Crippen LogP contribution in [0.4, 0.5) is 14.5 Å². The summed E-state index contributed by atoms with van der Waals surface area (Å²) in [6.45, 7) is 1.82. The highest BCUT2D eigenvalue weighted by Gasteiger charge is 2.26. The summed E-state index contributed by atoms with van der Waals surface area (Å²) in [5.74, 6) is -1.14. The van der Waals surface area contributed by atoms with Crippen molar-refractivity contribution >= 4 is 11.6 Å². The van der Waals surface area contributed by atoms with Crippen molar-refractivity contribution in [2.45, 2.75) is 6.42 Å². The van der Waals surface area contributed by atoms with Crippen LogP contribution >= 0.6 is 0 Å². The van der Waals surface area contributed by atoms with E-state index >= 15 is 0 Å². The highest BCUT2D eigenvalue weighted by atomic mass is 19.2. The van der Waals surface area contributed by atoms with Gasteiger partial charge < -0.3 is 15.0 Å². The second-order valence-corrected chi connectivity index (χ2v) is 8.78. The lowest BCUT2D eigenvalue weighted by Gasteiger charge is -2.19. The van der Waals surface area contributed by atoms with Gasteiger partial charge in [0, 0.05) is 43.1 Å². The number of nitrogens with zero attached hydrogens (tertiary/aromatic N) is 3. The number of anilines is 1. The van der Waals surface area contributed by atoms with E-state index in [1.807, 2.05) is 59.5 Å². The number of ether oxygens (including phenoxy) is 1. The lowest BCUT2D eigenvalue weighted by atomic mass is 10.1. The number of carbonyl (C=O) groups excluding carboxylic acids is 1. The standard InChI is InChI=1S/C28H26F2N4O2/c1-36-26-10-6-5-9-22(26)27-23(18-34(32-27)20-7-3-2-4-8-20)28(35)31-16-19-13-14-33(17-19)21-11-12-24(29)25(30)15-21/h2-12,15,18-19H,13-14,16-17H2,1H3,(H,31,35). The second kappa shape index (κ2) is 10.2. The molecule has 36 heavy (non-hydrogen) atoms. The third kappa shape index (κ3) is 4.79. The van der Waals surface area contributed by atoms with Gasteiger partial charge in [0.15, 0.2) is 11.6 Å². The van der Waals surface area contributed by atoms with Gasteiger partial charge in [0.25, 0.3) is 5.91 Å². The third-order valence-corrected chi connectivity index (χ3v) is 6.45. The fourth-order valence-corrected chi connectivity index (χ4v) is 4.54. The zero-order valence-electron chi connectivity index (χ0n) is 19.8. The van der Waals surface area contributed by atoms with Crippen LogP contribution in [0.25, 0.3) is 16.9 Å². The third-order valence-electron chi connectivity index (χ3n) is 6.45. The minimum Gasteiger partial charge on any atom is -0.496 e. The Bertz CT molecular complexity index is 1370. The number of benzene rings is 3. The van der Waals surface area contributed by atoms with E-state index in [-0.39, 0.29) is 11.8 Å². The zero-order chi connectivity index (χ0) is 25.1. The fourth-order valence-electron chi connectivity index (χ4n) is 4.54. The van der Waals surface area contributed by atoms with E-state index in [0.29, 0.717) is 42.3 Å². The van der Waals surface area contributed by atoms with Gasteiger partial charge in [-0.2, -0.15) is 5.10 Å². The number of halogens is 2. The number of para-hydroxylation sites is 2. The molecule has 4 aromatic rings. The van der Waals surface area contributed by atoms with E-state index in [0.717, 1.165) is 23.7 Å². The van der Waals surface area contributed by atoms with Gasteiger partial charge in [-0.25, -0.2) is 13.5 Å². The largest absolute Gasteiger partial charge is 0.496 e. The van der Waals surface area contributed by atoms with E-state index in [4.69, 9.17) is 9.84 Å². The average Bonchev–Trinajstić information content (AvgIpc) is 3.57. The molecule has 8 heteroatoms. The minimum absolute atomic E-state index is 0.181. The van der Waals surface area contributed by atoms with Gasteiger partial charge in [-0.3, -0.25) is 4.79 Å². The quantitative estimate of drug-likeness (QED) is 0.394. The van der Waals surface area contributed by atoms with Crippen LogP contribution < -0.4 is 15.0 Å². The first-order valence-corrected chi connectivity index (χ1v) is 11.8. The topological polar surface area (TPSA) is 59.4 Å². The number of hydrogen-bond donors (Lipinski definition) is 1. The monoisotopic (exact) mass is 488 g/mol. The lowest BCUT2D eigenvalue weighted by molar-refractivity contribution is 0.0949. The Kier molecular flexibility index (Phi) is 6.66. The summed E-state index contributed by atoms with van der Waals surface area (Å²) in [6.07, 6.45) is 2.57. The summed E-state index contributed by atoms with van der Waals surface area (Å²) in [6, 6.07) is 21.0. The molecule has 0 bridgehead atoms. The van der Waals surface area contributed by atoms with Crippen LogP contribution in [0.5, 0.6) is 5.75 Å². The normalized spacial score (nSPS) is 15.2. The van der Waals surface area contributed by atoms with Gasteiger partial charge in [-0.05, 0) is 48.7 Å². The zero-order valence-corrected chi connectivity index (χ0v) is 19.8. The Labute approximate surface area is 208 Å². The summed E-state index contributed by atoms with van der Waals surface area (Å²) < 4.78 is 34.2. The highest BCUT2D eigenvalue weighted by Crippen LogP contribution is 2.32. The van der Waals surface area contributed by atoms with E-state index in [2.05, 4.69) is 5.32 Å². The molecule has 1 saturated heterocycles. The summed E-state index contributed by atoms with van der Waals surface area (Å²) in [5, 5.41) is 7.78. The first kappa shape index (κ1) is 23.5. The summed E-state index contributed by atoms with van der Waals surface area (Å²) >= 11 is 0. The van der Waals surface area contributed by atoms with Gasteiger partial charge in [-0.1, -0.05) is 30.3 Å². The van der Waals surface area contributed by atoms with Crippen molar-refractivity contribution in [3.63, 3.8) is 0 Å². The fraction of sp³-hybridized carbons (Fsp3) is 0.214. The number of nitrogens with one attached hydrogen (secondary N) is 1. The van der Waals surface area contributed by atoms with Crippen LogP contribution in [-0.4, -0.2) is 42.4 Å². The average molecular weight is 489 g/mol. The summed E-state index contributed by atoms with van der Waals surface area (Å²) in [5.41, 5.74) is 3.18. The molecule has 0 aliphatic carbocycles. The number of carbonyl (C=O) groups is 1. The minimum atomic E-state index is -0.858. The molecule has 184 valence electrons. The van der Waals surface area contributed by atoms with E-state index in [9.17, 15) is 13.6 Å². The molecule has 1 aromatic heterocycles. The van der Waals surface area contributed by atoms with Crippen molar-refractivity contribution < 1.29 is 18.3 Å². The molecule has 1 aliphatic rings.